The van der Waals surface area contributed by atoms with Gasteiger partial charge in [-0.15, -0.1) is 0 Å². The SMILES string of the molecule is CNCC(CCO)(CCO)CNC. The maximum absolute atomic E-state index is 8.94. The summed E-state index contributed by atoms with van der Waals surface area (Å²) in [4.78, 5) is 0. The minimum absolute atomic E-state index is 0.0208. The summed E-state index contributed by atoms with van der Waals surface area (Å²) < 4.78 is 0. The summed E-state index contributed by atoms with van der Waals surface area (Å²) in [5, 5.41) is 24.1. The highest BCUT2D eigenvalue weighted by Gasteiger charge is 2.27. The number of aliphatic hydroxyl groups excluding tert-OH is 2. The van der Waals surface area contributed by atoms with E-state index < -0.39 is 0 Å². The van der Waals surface area contributed by atoms with Crippen molar-refractivity contribution in [2.24, 2.45) is 5.41 Å². The van der Waals surface area contributed by atoms with Crippen LogP contribution in [0.2, 0.25) is 0 Å². The highest BCUT2D eigenvalue weighted by Crippen LogP contribution is 2.24. The highest BCUT2D eigenvalue weighted by molar-refractivity contribution is 4.82. The molecule has 0 amide bonds. The molecule has 0 aromatic heterocycles. The summed E-state index contributed by atoms with van der Waals surface area (Å²) in [7, 11) is 3.78. The molecule has 80 valence electrons. The minimum atomic E-state index is -0.0208. The Morgan fingerprint density at radius 1 is 0.923 bits per heavy atom. The largest absolute Gasteiger partial charge is 0.396 e. The predicted molar refractivity (Wildman–Crippen MR) is 53.7 cm³/mol. The molecule has 0 unspecified atom stereocenters. The molecule has 0 saturated carbocycles. The van der Waals surface area contributed by atoms with Crippen molar-refractivity contribution in [2.75, 3.05) is 40.4 Å². The zero-order chi connectivity index (χ0) is 10.2. The number of aliphatic hydroxyl groups is 2. The van der Waals surface area contributed by atoms with E-state index >= 15 is 0 Å². The third-order valence-electron chi connectivity index (χ3n) is 2.39. The zero-order valence-corrected chi connectivity index (χ0v) is 8.64. The summed E-state index contributed by atoms with van der Waals surface area (Å²) in [6.45, 7) is 1.97. The first kappa shape index (κ1) is 12.8. The van der Waals surface area contributed by atoms with Crippen LogP contribution in [0.15, 0.2) is 0 Å². The molecule has 0 aliphatic rings. The van der Waals surface area contributed by atoms with Crippen LogP contribution < -0.4 is 10.6 Å². The van der Waals surface area contributed by atoms with Crippen molar-refractivity contribution in [2.45, 2.75) is 12.8 Å². The van der Waals surface area contributed by atoms with Crippen LogP contribution in [0.3, 0.4) is 0 Å². The van der Waals surface area contributed by atoms with Crippen LogP contribution >= 0.6 is 0 Å². The van der Waals surface area contributed by atoms with Crippen molar-refractivity contribution < 1.29 is 10.2 Å². The summed E-state index contributed by atoms with van der Waals surface area (Å²) in [6, 6.07) is 0. The van der Waals surface area contributed by atoms with Crippen LogP contribution in [-0.4, -0.2) is 50.6 Å². The maximum atomic E-state index is 8.94. The average molecular weight is 190 g/mol. The lowest BCUT2D eigenvalue weighted by Crippen LogP contribution is -2.42. The predicted octanol–water partition coefficient (Wildman–Crippen LogP) is -0.824. The van der Waals surface area contributed by atoms with E-state index in [9.17, 15) is 0 Å². The van der Waals surface area contributed by atoms with E-state index in [2.05, 4.69) is 10.6 Å². The average Bonchev–Trinajstić information content (AvgIpc) is 2.06. The van der Waals surface area contributed by atoms with Crippen molar-refractivity contribution >= 4 is 0 Å². The van der Waals surface area contributed by atoms with Crippen molar-refractivity contribution in [1.29, 1.82) is 0 Å². The van der Waals surface area contributed by atoms with Crippen LogP contribution in [0.1, 0.15) is 12.8 Å². The van der Waals surface area contributed by atoms with Crippen LogP contribution in [0.4, 0.5) is 0 Å². The van der Waals surface area contributed by atoms with Gasteiger partial charge in [0.2, 0.25) is 0 Å². The molecular formula is C9H22N2O2. The van der Waals surface area contributed by atoms with Gasteiger partial charge in [0.1, 0.15) is 0 Å². The Bertz CT molecular complexity index is 90.7. The van der Waals surface area contributed by atoms with Crippen LogP contribution in [0.25, 0.3) is 0 Å². The van der Waals surface area contributed by atoms with Gasteiger partial charge < -0.3 is 20.8 Å². The third-order valence-corrected chi connectivity index (χ3v) is 2.39. The van der Waals surface area contributed by atoms with Gasteiger partial charge in [-0.2, -0.15) is 0 Å². The summed E-state index contributed by atoms with van der Waals surface area (Å²) in [6.07, 6.45) is 1.44. The molecule has 0 atom stereocenters. The molecule has 4 heteroatoms. The van der Waals surface area contributed by atoms with Gasteiger partial charge in [0, 0.05) is 26.3 Å². The molecule has 0 aliphatic carbocycles. The number of hydrogen-bond donors (Lipinski definition) is 4. The van der Waals surface area contributed by atoms with Crippen LogP contribution in [0.5, 0.6) is 0 Å². The fourth-order valence-corrected chi connectivity index (χ4v) is 1.77. The molecule has 4 N–H and O–H groups in total. The van der Waals surface area contributed by atoms with E-state index in [1.807, 2.05) is 14.1 Å². The van der Waals surface area contributed by atoms with Gasteiger partial charge in [-0.3, -0.25) is 0 Å². The lowest BCUT2D eigenvalue weighted by molar-refractivity contribution is 0.132. The fraction of sp³-hybridized carbons (Fsp3) is 1.00. The van der Waals surface area contributed by atoms with Gasteiger partial charge in [-0.25, -0.2) is 0 Å². The van der Waals surface area contributed by atoms with E-state index in [1.165, 1.54) is 0 Å². The summed E-state index contributed by atoms with van der Waals surface area (Å²) >= 11 is 0. The van der Waals surface area contributed by atoms with Gasteiger partial charge in [-0.1, -0.05) is 0 Å². The van der Waals surface area contributed by atoms with Gasteiger partial charge in [0.15, 0.2) is 0 Å². The molecule has 0 fully saturated rings. The van der Waals surface area contributed by atoms with Gasteiger partial charge in [0.25, 0.3) is 0 Å². The Hall–Kier alpha value is -0.160. The van der Waals surface area contributed by atoms with E-state index in [4.69, 9.17) is 10.2 Å². The lowest BCUT2D eigenvalue weighted by Gasteiger charge is -2.32. The molecule has 0 heterocycles. The van der Waals surface area contributed by atoms with Gasteiger partial charge >= 0.3 is 0 Å². The van der Waals surface area contributed by atoms with Crippen LogP contribution in [-0.2, 0) is 0 Å². The first-order valence-electron chi connectivity index (χ1n) is 4.75. The van der Waals surface area contributed by atoms with Gasteiger partial charge in [0.05, 0.1) is 0 Å². The molecule has 4 nitrogen and oxygen atoms in total. The second kappa shape index (κ2) is 7.26. The molecule has 0 saturated heterocycles. The quantitative estimate of drug-likeness (QED) is 0.404. The van der Waals surface area contributed by atoms with Crippen molar-refractivity contribution in [1.82, 2.24) is 10.6 Å². The Labute approximate surface area is 80.3 Å². The maximum Gasteiger partial charge on any atom is 0.0437 e. The molecule has 0 aromatic rings. The van der Waals surface area contributed by atoms with E-state index in [0.717, 1.165) is 25.9 Å². The fourth-order valence-electron chi connectivity index (χ4n) is 1.77. The molecule has 0 radical (unpaired) electrons. The Kier molecular flexibility index (Phi) is 7.17. The third kappa shape index (κ3) is 4.57. The second-order valence-electron chi connectivity index (χ2n) is 3.51. The number of hydrogen-bond acceptors (Lipinski definition) is 4. The first-order valence-corrected chi connectivity index (χ1v) is 4.75. The smallest absolute Gasteiger partial charge is 0.0437 e. The van der Waals surface area contributed by atoms with Crippen LogP contribution in [0, 0.1) is 5.41 Å². The lowest BCUT2D eigenvalue weighted by atomic mass is 9.81. The minimum Gasteiger partial charge on any atom is -0.396 e. The monoisotopic (exact) mass is 190 g/mol. The second-order valence-corrected chi connectivity index (χ2v) is 3.51. The van der Waals surface area contributed by atoms with E-state index in [0.29, 0.717) is 0 Å². The molecule has 0 aromatic carbocycles. The Morgan fingerprint density at radius 2 is 1.31 bits per heavy atom. The summed E-state index contributed by atoms with van der Waals surface area (Å²) in [5.41, 5.74) is -0.0208. The van der Waals surface area contributed by atoms with Gasteiger partial charge in [-0.05, 0) is 32.4 Å². The number of rotatable bonds is 8. The topological polar surface area (TPSA) is 64.5 Å². The van der Waals surface area contributed by atoms with Crippen molar-refractivity contribution in [3.63, 3.8) is 0 Å². The normalized spacial score (nSPS) is 12.0. The van der Waals surface area contributed by atoms with E-state index in [1.54, 1.807) is 0 Å². The molecule has 0 bridgehead atoms. The zero-order valence-electron chi connectivity index (χ0n) is 8.64. The molecular weight excluding hydrogens is 168 g/mol. The Morgan fingerprint density at radius 3 is 1.54 bits per heavy atom. The molecule has 0 aliphatic heterocycles. The molecule has 13 heavy (non-hydrogen) atoms. The summed E-state index contributed by atoms with van der Waals surface area (Å²) in [5.74, 6) is 0. The Balaban J connectivity index is 4.19. The molecule has 0 spiro atoms. The van der Waals surface area contributed by atoms with E-state index in [-0.39, 0.29) is 18.6 Å². The standard InChI is InChI=1S/C9H22N2O2/c1-10-7-9(3-5-12,4-6-13)8-11-2/h10-13H,3-8H2,1-2H3. The highest BCUT2D eigenvalue weighted by atomic mass is 16.3. The van der Waals surface area contributed by atoms with Crippen molar-refractivity contribution in [3.8, 4) is 0 Å². The molecule has 0 rings (SSSR count). The number of nitrogens with one attached hydrogen (secondary N) is 2. The van der Waals surface area contributed by atoms with Crippen molar-refractivity contribution in [3.05, 3.63) is 0 Å². The first-order chi connectivity index (χ1) is 6.24.